The SMILES string of the molecule is CNc1ccc(-c2nccc(Nc3cc4c(cn3)nc(C)n4C(C)C)n2)cn1. The number of hydrogen-bond donors (Lipinski definition) is 2. The Morgan fingerprint density at radius 1 is 0.929 bits per heavy atom. The van der Waals surface area contributed by atoms with Gasteiger partial charge in [0.1, 0.15) is 28.8 Å². The molecule has 0 fully saturated rings. The molecule has 0 saturated heterocycles. The van der Waals surface area contributed by atoms with Gasteiger partial charge in [-0.2, -0.15) is 0 Å². The van der Waals surface area contributed by atoms with Gasteiger partial charge >= 0.3 is 0 Å². The van der Waals surface area contributed by atoms with Crippen LogP contribution in [0.2, 0.25) is 0 Å². The van der Waals surface area contributed by atoms with Crippen LogP contribution in [0.5, 0.6) is 0 Å². The number of aryl methyl sites for hydroxylation is 1. The van der Waals surface area contributed by atoms with Crippen molar-refractivity contribution >= 4 is 28.5 Å². The number of nitrogens with one attached hydrogen (secondary N) is 2. The number of anilines is 3. The van der Waals surface area contributed by atoms with Crippen molar-refractivity contribution in [3.05, 3.63) is 48.7 Å². The molecule has 0 spiro atoms. The Morgan fingerprint density at radius 2 is 1.75 bits per heavy atom. The van der Waals surface area contributed by atoms with Crippen LogP contribution in [0.1, 0.15) is 25.7 Å². The first-order valence-electron chi connectivity index (χ1n) is 9.14. The number of aromatic nitrogens is 6. The van der Waals surface area contributed by atoms with E-state index in [0.717, 1.165) is 28.2 Å². The standard InChI is InChI=1S/C20H22N8/c1-12(2)28-13(3)25-15-11-24-19(9-16(15)28)26-18-7-8-22-20(27-18)14-5-6-17(21-4)23-10-14/h5-12H,1-4H3,(H,21,23)(H,22,24,26,27). The van der Waals surface area contributed by atoms with Crippen molar-refractivity contribution in [2.75, 3.05) is 17.7 Å². The maximum absolute atomic E-state index is 4.59. The van der Waals surface area contributed by atoms with E-state index in [0.29, 0.717) is 23.5 Å². The third kappa shape index (κ3) is 3.36. The molecule has 0 radical (unpaired) electrons. The quantitative estimate of drug-likeness (QED) is 0.546. The monoisotopic (exact) mass is 374 g/mol. The predicted octanol–water partition coefficient (Wildman–Crippen LogP) is 3.96. The number of rotatable bonds is 5. The molecule has 0 atom stereocenters. The molecule has 0 amide bonds. The summed E-state index contributed by atoms with van der Waals surface area (Å²) in [7, 11) is 1.83. The molecule has 0 aliphatic rings. The Labute approximate surface area is 163 Å². The van der Waals surface area contributed by atoms with Crippen molar-refractivity contribution in [1.29, 1.82) is 0 Å². The van der Waals surface area contributed by atoms with E-state index < -0.39 is 0 Å². The summed E-state index contributed by atoms with van der Waals surface area (Å²) in [5.41, 5.74) is 2.78. The average Bonchev–Trinajstić information content (AvgIpc) is 3.03. The van der Waals surface area contributed by atoms with Gasteiger partial charge in [-0.05, 0) is 39.0 Å². The fourth-order valence-electron chi connectivity index (χ4n) is 3.21. The number of pyridine rings is 2. The first-order chi connectivity index (χ1) is 13.5. The van der Waals surface area contributed by atoms with Crippen LogP contribution < -0.4 is 10.6 Å². The van der Waals surface area contributed by atoms with Crippen molar-refractivity contribution in [3.8, 4) is 11.4 Å². The zero-order chi connectivity index (χ0) is 19.7. The molecule has 0 aliphatic carbocycles. The highest BCUT2D eigenvalue weighted by Gasteiger charge is 2.12. The van der Waals surface area contributed by atoms with Gasteiger partial charge in [-0.1, -0.05) is 0 Å². The fourth-order valence-corrected chi connectivity index (χ4v) is 3.21. The maximum Gasteiger partial charge on any atom is 0.163 e. The lowest BCUT2D eigenvalue weighted by Gasteiger charge is -2.11. The van der Waals surface area contributed by atoms with Crippen LogP contribution in [0.25, 0.3) is 22.4 Å². The topological polar surface area (TPSA) is 93.4 Å². The molecule has 8 nitrogen and oxygen atoms in total. The molecule has 4 aromatic rings. The van der Waals surface area contributed by atoms with E-state index in [-0.39, 0.29) is 0 Å². The molecule has 28 heavy (non-hydrogen) atoms. The zero-order valence-corrected chi connectivity index (χ0v) is 16.3. The largest absolute Gasteiger partial charge is 0.373 e. The number of fused-ring (bicyclic) bond motifs is 1. The minimum absolute atomic E-state index is 0.319. The fraction of sp³-hybridized carbons (Fsp3) is 0.250. The Balaban J connectivity index is 1.64. The summed E-state index contributed by atoms with van der Waals surface area (Å²) >= 11 is 0. The Hall–Kier alpha value is -3.55. The predicted molar refractivity (Wildman–Crippen MR) is 111 cm³/mol. The minimum Gasteiger partial charge on any atom is -0.373 e. The molecule has 4 rings (SSSR count). The molecule has 0 unspecified atom stereocenters. The third-order valence-electron chi connectivity index (χ3n) is 4.46. The minimum atomic E-state index is 0.319. The second-order valence-corrected chi connectivity index (χ2v) is 6.75. The number of imidazole rings is 1. The molecule has 0 aliphatic heterocycles. The van der Waals surface area contributed by atoms with Gasteiger partial charge in [0.05, 0.1) is 11.7 Å². The van der Waals surface area contributed by atoms with Crippen LogP contribution in [-0.4, -0.2) is 36.5 Å². The van der Waals surface area contributed by atoms with Gasteiger partial charge in [0.25, 0.3) is 0 Å². The van der Waals surface area contributed by atoms with E-state index in [2.05, 4.69) is 54.0 Å². The van der Waals surface area contributed by atoms with E-state index in [1.54, 1.807) is 18.6 Å². The molecule has 0 bridgehead atoms. The smallest absolute Gasteiger partial charge is 0.163 e. The second-order valence-electron chi connectivity index (χ2n) is 6.75. The highest BCUT2D eigenvalue weighted by molar-refractivity contribution is 5.79. The number of nitrogens with zero attached hydrogens (tertiary/aromatic N) is 6. The van der Waals surface area contributed by atoms with Crippen LogP contribution in [0, 0.1) is 6.92 Å². The van der Waals surface area contributed by atoms with Crippen molar-refractivity contribution in [2.45, 2.75) is 26.8 Å². The lowest BCUT2D eigenvalue weighted by molar-refractivity contribution is 0.600. The van der Waals surface area contributed by atoms with Crippen LogP contribution in [-0.2, 0) is 0 Å². The molecule has 4 aromatic heterocycles. The molecular weight excluding hydrogens is 352 g/mol. The van der Waals surface area contributed by atoms with Gasteiger partial charge in [-0.15, -0.1) is 0 Å². The lowest BCUT2D eigenvalue weighted by Crippen LogP contribution is -2.03. The van der Waals surface area contributed by atoms with E-state index in [4.69, 9.17) is 0 Å². The van der Waals surface area contributed by atoms with E-state index in [1.807, 2.05) is 38.2 Å². The summed E-state index contributed by atoms with van der Waals surface area (Å²) in [6.45, 7) is 6.30. The first-order valence-corrected chi connectivity index (χ1v) is 9.14. The van der Waals surface area contributed by atoms with Gasteiger partial charge in [-0.25, -0.2) is 24.9 Å². The molecular formula is C20H22N8. The van der Waals surface area contributed by atoms with Crippen LogP contribution in [0.4, 0.5) is 17.5 Å². The second kappa shape index (κ2) is 7.22. The molecule has 142 valence electrons. The molecule has 8 heteroatoms. The Morgan fingerprint density at radius 3 is 2.46 bits per heavy atom. The summed E-state index contributed by atoms with van der Waals surface area (Å²) in [6.07, 6.45) is 5.25. The zero-order valence-electron chi connectivity index (χ0n) is 16.3. The third-order valence-corrected chi connectivity index (χ3v) is 4.46. The average molecular weight is 374 g/mol. The number of hydrogen-bond acceptors (Lipinski definition) is 7. The van der Waals surface area contributed by atoms with E-state index in [1.165, 1.54) is 0 Å². The maximum atomic E-state index is 4.59. The van der Waals surface area contributed by atoms with E-state index >= 15 is 0 Å². The lowest BCUT2D eigenvalue weighted by atomic mass is 10.2. The van der Waals surface area contributed by atoms with Gasteiger partial charge in [-0.3, -0.25) is 0 Å². The summed E-state index contributed by atoms with van der Waals surface area (Å²) in [6, 6.07) is 7.96. The normalized spacial score (nSPS) is 11.2. The van der Waals surface area contributed by atoms with E-state index in [9.17, 15) is 0 Å². The summed E-state index contributed by atoms with van der Waals surface area (Å²) in [4.78, 5) is 22.3. The molecule has 0 aromatic carbocycles. The van der Waals surface area contributed by atoms with Gasteiger partial charge in [0, 0.05) is 37.1 Å². The molecule has 2 N–H and O–H groups in total. The molecule has 0 saturated carbocycles. The first kappa shape index (κ1) is 17.8. The highest BCUT2D eigenvalue weighted by Crippen LogP contribution is 2.24. The van der Waals surface area contributed by atoms with Crippen LogP contribution in [0.15, 0.2) is 42.9 Å². The van der Waals surface area contributed by atoms with Crippen molar-refractivity contribution in [1.82, 2.24) is 29.5 Å². The summed E-state index contributed by atoms with van der Waals surface area (Å²) in [5, 5.41) is 6.27. The van der Waals surface area contributed by atoms with Crippen molar-refractivity contribution in [3.63, 3.8) is 0 Å². The van der Waals surface area contributed by atoms with Crippen LogP contribution >= 0.6 is 0 Å². The Kier molecular flexibility index (Phi) is 4.60. The summed E-state index contributed by atoms with van der Waals surface area (Å²) < 4.78 is 2.20. The van der Waals surface area contributed by atoms with Crippen molar-refractivity contribution in [2.24, 2.45) is 0 Å². The van der Waals surface area contributed by atoms with Crippen molar-refractivity contribution < 1.29 is 0 Å². The Bertz CT molecular complexity index is 1110. The summed E-state index contributed by atoms with van der Waals surface area (Å²) in [5.74, 6) is 3.76. The van der Waals surface area contributed by atoms with Gasteiger partial charge < -0.3 is 15.2 Å². The molecule has 4 heterocycles. The highest BCUT2D eigenvalue weighted by atomic mass is 15.1. The van der Waals surface area contributed by atoms with Gasteiger partial charge in [0.2, 0.25) is 0 Å². The van der Waals surface area contributed by atoms with Gasteiger partial charge in [0.15, 0.2) is 5.82 Å². The van der Waals surface area contributed by atoms with Crippen LogP contribution in [0.3, 0.4) is 0 Å².